The fourth-order valence-electron chi connectivity index (χ4n) is 1.82. The first kappa shape index (κ1) is 14.9. The molecule has 0 saturated heterocycles. The molecule has 0 spiro atoms. The third kappa shape index (κ3) is 4.98. The monoisotopic (exact) mass is 249 g/mol. The Kier molecular flexibility index (Phi) is 6.61. The molecule has 1 aromatic rings. The van der Waals surface area contributed by atoms with Crippen molar-refractivity contribution in [1.29, 1.82) is 0 Å². The molecule has 18 heavy (non-hydrogen) atoms. The van der Waals surface area contributed by atoms with Gasteiger partial charge in [-0.25, -0.2) is 0 Å². The van der Waals surface area contributed by atoms with Gasteiger partial charge in [0.1, 0.15) is 0 Å². The quantitative estimate of drug-likeness (QED) is 0.549. The number of aliphatic hydroxyl groups is 1. The molecular weight excluding hydrogens is 226 g/mol. The highest BCUT2D eigenvalue weighted by Gasteiger charge is 2.11. The molecule has 0 bridgehead atoms. The van der Waals surface area contributed by atoms with Crippen molar-refractivity contribution < 1.29 is 9.90 Å². The number of rotatable bonds is 8. The van der Waals surface area contributed by atoms with Gasteiger partial charge < -0.3 is 10.4 Å². The molecule has 3 nitrogen and oxygen atoms in total. The Labute approximate surface area is 109 Å². The molecule has 1 aromatic carbocycles. The molecular formula is C15H23NO2. The molecule has 0 heterocycles. The summed E-state index contributed by atoms with van der Waals surface area (Å²) in [6.07, 6.45) is 1.35. The number of aliphatic hydroxyl groups excluding tert-OH is 1. The van der Waals surface area contributed by atoms with E-state index < -0.39 is 0 Å². The zero-order valence-corrected chi connectivity index (χ0v) is 11.2. The summed E-state index contributed by atoms with van der Waals surface area (Å²) in [6, 6.07) is 9.49. The first-order valence-corrected chi connectivity index (χ1v) is 6.57. The van der Waals surface area contributed by atoms with Gasteiger partial charge in [-0.3, -0.25) is 4.79 Å². The minimum absolute atomic E-state index is 0.122. The van der Waals surface area contributed by atoms with Crippen LogP contribution in [0.15, 0.2) is 30.3 Å². The summed E-state index contributed by atoms with van der Waals surface area (Å²) < 4.78 is 0. The highest BCUT2D eigenvalue weighted by Crippen LogP contribution is 2.05. The molecule has 100 valence electrons. The number of Topliss-reactive ketones (excluding diaryl/α,β-unsaturated/α-hetero) is 1. The van der Waals surface area contributed by atoms with Gasteiger partial charge in [0.2, 0.25) is 0 Å². The molecule has 0 aliphatic heterocycles. The normalized spacial score (nSPS) is 12.7. The van der Waals surface area contributed by atoms with Crippen molar-refractivity contribution in [2.75, 3.05) is 13.2 Å². The maximum absolute atomic E-state index is 11.8. The molecule has 0 aliphatic rings. The molecule has 2 N–H and O–H groups in total. The van der Waals surface area contributed by atoms with Crippen molar-refractivity contribution in [3.63, 3.8) is 0 Å². The molecule has 1 atom stereocenters. The van der Waals surface area contributed by atoms with Crippen LogP contribution in [0.3, 0.4) is 0 Å². The largest absolute Gasteiger partial charge is 0.395 e. The SMILES string of the molecule is CC(C)C(CO)NCCCC(=O)c1ccccc1. The lowest BCUT2D eigenvalue weighted by Crippen LogP contribution is -2.37. The molecule has 0 radical (unpaired) electrons. The van der Waals surface area contributed by atoms with Crippen molar-refractivity contribution in [3.05, 3.63) is 35.9 Å². The van der Waals surface area contributed by atoms with Crippen LogP contribution in [-0.4, -0.2) is 30.1 Å². The summed E-state index contributed by atoms with van der Waals surface area (Å²) in [7, 11) is 0. The van der Waals surface area contributed by atoms with E-state index in [0.717, 1.165) is 18.5 Å². The average molecular weight is 249 g/mol. The van der Waals surface area contributed by atoms with E-state index in [1.54, 1.807) is 0 Å². The summed E-state index contributed by atoms with van der Waals surface area (Å²) in [5.41, 5.74) is 0.778. The smallest absolute Gasteiger partial charge is 0.162 e. The third-order valence-corrected chi connectivity index (χ3v) is 3.08. The maximum Gasteiger partial charge on any atom is 0.162 e. The molecule has 3 heteroatoms. The van der Waals surface area contributed by atoms with Gasteiger partial charge in [-0.1, -0.05) is 44.2 Å². The van der Waals surface area contributed by atoms with Gasteiger partial charge in [-0.05, 0) is 18.9 Å². The topological polar surface area (TPSA) is 49.3 Å². The zero-order valence-electron chi connectivity index (χ0n) is 11.2. The molecule has 1 rings (SSSR count). The fraction of sp³-hybridized carbons (Fsp3) is 0.533. The lowest BCUT2D eigenvalue weighted by atomic mass is 10.0. The Bertz CT molecular complexity index is 349. The van der Waals surface area contributed by atoms with Crippen LogP contribution in [0.2, 0.25) is 0 Å². The summed E-state index contributed by atoms with van der Waals surface area (Å²) in [4.78, 5) is 11.8. The Balaban J connectivity index is 2.24. The van der Waals surface area contributed by atoms with Gasteiger partial charge in [-0.15, -0.1) is 0 Å². The van der Waals surface area contributed by atoms with Crippen molar-refractivity contribution >= 4 is 5.78 Å². The summed E-state index contributed by atoms with van der Waals surface area (Å²) in [5.74, 6) is 0.585. The number of nitrogens with one attached hydrogen (secondary N) is 1. The van der Waals surface area contributed by atoms with Crippen LogP contribution < -0.4 is 5.32 Å². The van der Waals surface area contributed by atoms with Gasteiger partial charge in [-0.2, -0.15) is 0 Å². The number of hydrogen-bond acceptors (Lipinski definition) is 3. The van der Waals surface area contributed by atoms with E-state index in [1.807, 2.05) is 30.3 Å². The molecule has 1 unspecified atom stereocenters. The molecule has 0 aromatic heterocycles. The molecule has 0 amide bonds. The lowest BCUT2D eigenvalue weighted by Gasteiger charge is -2.19. The number of benzene rings is 1. The molecule has 0 saturated carbocycles. The van der Waals surface area contributed by atoms with E-state index in [0.29, 0.717) is 12.3 Å². The van der Waals surface area contributed by atoms with Crippen LogP contribution in [-0.2, 0) is 0 Å². The summed E-state index contributed by atoms with van der Waals surface area (Å²) in [5, 5.41) is 12.4. The number of carbonyl (C=O) groups is 1. The summed E-state index contributed by atoms with van der Waals surface area (Å²) >= 11 is 0. The van der Waals surface area contributed by atoms with Crippen molar-refractivity contribution in [1.82, 2.24) is 5.32 Å². The van der Waals surface area contributed by atoms with E-state index in [1.165, 1.54) is 0 Å². The molecule has 0 fully saturated rings. The highest BCUT2D eigenvalue weighted by atomic mass is 16.3. The predicted octanol–water partition coefficient (Wildman–Crippen LogP) is 2.26. The van der Waals surface area contributed by atoms with Crippen molar-refractivity contribution in [2.45, 2.75) is 32.7 Å². The fourth-order valence-corrected chi connectivity index (χ4v) is 1.82. The average Bonchev–Trinajstić information content (AvgIpc) is 2.39. The Hall–Kier alpha value is -1.19. The predicted molar refractivity (Wildman–Crippen MR) is 73.7 cm³/mol. The Morgan fingerprint density at radius 2 is 1.94 bits per heavy atom. The van der Waals surface area contributed by atoms with Crippen LogP contribution >= 0.6 is 0 Å². The van der Waals surface area contributed by atoms with Gasteiger partial charge in [0.25, 0.3) is 0 Å². The number of ketones is 1. The zero-order chi connectivity index (χ0) is 13.4. The van der Waals surface area contributed by atoms with Crippen molar-refractivity contribution in [2.24, 2.45) is 5.92 Å². The highest BCUT2D eigenvalue weighted by molar-refractivity contribution is 5.95. The Morgan fingerprint density at radius 1 is 1.28 bits per heavy atom. The second-order valence-corrected chi connectivity index (χ2v) is 4.88. The second-order valence-electron chi connectivity index (χ2n) is 4.88. The van der Waals surface area contributed by atoms with E-state index in [9.17, 15) is 4.79 Å². The van der Waals surface area contributed by atoms with Crippen LogP contribution in [0.5, 0.6) is 0 Å². The standard InChI is InChI=1S/C15H23NO2/c1-12(2)14(11-17)16-10-6-9-15(18)13-7-4-3-5-8-13/h3-5,7-8,12,14,16-17H,6,9-11H2,1-2H3. The van der Waals surface area contributed by atoms with Gasteiger partial charge >= 0.3 is 0 Å². The van der Waals surface area contributed by atoms with E-state index in [2.05, 4.69) is 19.2 Å². The minimum Gasteiger partial charge on any atom is -0.395 e. The maximum atomic E-state index is 11.8. The van der Waals surface area contributed by atoms with Gasteiger partial charge in [0.05, 0.1) is 6.61 Å². The molecule has 0 aliphatic carbocycles. The van der Waals surface area contributed by atoms with Gasteiger partial charge in [0.15, 0.2) is 5.78 Å². The van der Waals surface area contributed by atoms with Crippen molar-refractivity contribution in [3.8, 4) is 0 Å². The van der Waals surface area contributed by atoms with Crippen LogP contribution in [0.1, 0.15) is 37.0 Å². The third-order valence-electron chi connectivity index (χ3n) is 3.08. The number of hydrogen-bond donors (Lipinski definition) is 2. The summed E-state index contributed by atoms with van der Waals surface area (Å²) in [6.45, 7) is 5.05. The first-order chi connectivity index (χ1) is 8.65. The van der Waals surface area contributed by atoms with Crippen LogP contribution in [0.4, 0.5) is 0 Å². The Morgan fingerprint density at radius 3 is 2.50 bits per heavy atom. The second kappa shape index (κ2) is 8.01. The van der Waals surface area contributed by atoms with E-state index in [-0.39, 0.29) is 18.4 Å². The number of carbonyl (C=O) groups excluding carboxylic acids is 1. The first-order valence-electron chi connectivity index (χ1n) is 6.57. The lowest BCUT2D eigenvalue weighted by molar-refractivity contribution is 0.0979. The van der Waals surface area contributed by atoms with Crippen LogP contribution in [0, 0.1) is 5.92 Å². The van der Waals surface area contributed by atoms with E-state index >= 15 is 0 Å². The van der Waals surface area contributed by atoms with Crippen LogP contribution in [0.25, 0.3) is 0 Å². The van der Waals surface area contributed by atoms with E-state index in [4.69, 9.17) is 5.11 Å². The van der Waals surface area contributed by atoms with Gasteiger partial charge in [0, 0.05) is 18.0 Å². The minimum atomic E-state index is 0.122.